The van der Waals surface area contributed by atoms with Crippen LogP contribution >= 0.6 is 0 Å². The van der Waals surface area contributed by atoms with Crippen molar-refractivity contribution in [2.75, 3.05) is 45.3 Å². The molecule has 0 unspecified atom stereocenters. The van der Waals surface area contributed by atoms with Gasteiger partial charge in [0.2, 0.25) is 0 Å². The van der Waals surface area contributed by atoms with E-state index in [9.17, 15) is 22.0 Å². The summed E-state index contributed by atoms with van der Waals surface area (Å²) in [5.74, 6) is -2.03. The van der Waals surface area contributed by atoms with Crippen molar-refractivity contribution in [3.63, 3.8) is 0 Å². The Bertz CT molecular complexity index is 2100. The van der Waals surface area contributed by atoms with Gasteiger partial charge in [-0.25, -0.2) is 26.2 Å². The highest BCUT2D eigenvalue weighted by atomic mass is 32.2. The topological polar surface area (TPSA) is 89.7 Å². The lowest BCUT2D eigenvalue weighted by molar-refractivity contribution is 0.122. The van der Waals surface area contributed by atoms with Crippen LogP contribution in [0.5, 0.6) is 0 Å². The standard InChI is InChI=1S/C33H31F2N5O4S/c1-22-4-7-26(8-5-22)45(42,43)40-20-28(27-18-25(19-36-33(27)40)38-12-14-44-15-13-38)23-10-11-39(32(41)17-23)31(21-37(2)3)24-6-9-29(34)30(35)16-24/h4-11,16-21H,12-15H2,1-3H3/b31-21-. The number of fused-ring (bicyclic) bond motifs is 1. The van der Waals surface area contributed by atoms with E-state index in [-0.39, 0.29) is 10.5 Å². The monoisotopic (exact) mass is 631 g/mol. The minimum absolute atomic E-state index is 0.107. The Hall–Kier alpha value is -4.81. The summed E-state index contributed by atoms with van der Waals surface area (Å²) in [6.45, 7) is 4.32. The number of hydrogen-bond acceptors (Lipinski definition) is 7. The van der Waals surface area contributed by atoms with Gasteiger partial charge in [-0.1, -0.05) is 17.7 Å². The highest BCUT2D eigenvalue weighted by Crippen LogP contribution is 2.34. The van der Waals surface area contributed by atoms with Gasteiger partial charge in [0.1, 0.15) is 0 Å². The quantitative estimate of drug-likeness (QED) is 0.252. The third-order valence-corrected chi connectivity index (χ3v) is 9.30. The van der Waals surface area contributed by atoms with Crippen LogP contribution in [0.15, 0.2) is 95.1 Å². The predicted molar refractivity (Wildman–Crippen MR) is 170 cm³/mol. The zero-order chi connectivity index (χ0) is 31.9. The maximum atomic E-state index is 14.2. The molecule has 0 atom stereocenters. The molecule has 1 aliphatic heterocycles. The Balaban J connectivity index is 1.51. The number of morpholine rings is 1. The van der Waals surface area contributed by atoms with Crippen molar-refractivity contribution in [2.24, 2.45) is 0 Å². The molecular formula is C33H31F2N5O4S. The average Bonchev–Trinajstić information content (AvgIpc) is 3.42. The van der Waals surface area contributed by atoms with Gasteiger partial charge in [0.05, 0.1) is 35.7 Å². The Labute approximate surface area is 259 Å². The van der Waals surface area contributed by atoms with Crippen molar-refractivity contribution in [3.8, 4) is 11.1 Å². The number of ether oxygens (including phenoxy) is 1. The fourth-order valence-corrected chi connectivity index (χ4v) is 6.65. The highest BCUT2D eigenvalue weighted by Gasteiger charge is 2.25. The lowest BCUT2D eigenvalue weighted by Crippen LogP contribution is -2.36. The summed E-state index contributed by atoms with van der Waals surface area (Å²) < 4.78 is 63.6. The van der Waals surface area contributed by atoms with Gasteiger partial charge in [-0.2, -0.15) is 0 Å². The van der Waals surface area contributed by atoms with Crippen LogP contribution in [-0.2, 0) is 14.8 Å². The maximum absolute atomic E-state index is 14.2. The normalized spacial score (nSPS) is 14.2. The van der Waals surface area contributed by atoms with E-state index in [1.165, 1.54) is 29.1 Å². The van der Waals surface area contributed by atoms with Crippen molar-refractivity contribution in [2.45, 2.75) is 11.8 Å². The van der Waals surface area contributed by atoms with Gasteiger partial charge in [0.15, 0.2) is 17.3 Å². The van der Waals surface area contributed by atoms with E-state index in [1.54, 1.807) is 61.7 Å². The Morgan fingerprint density at radius 3 is 2.38 bits per heavy atom. The smallest absolute Gasteiger partial charge is 0.269 e. The molecule has 1 fully saturated rings. The van der Waals surface area contributed by atoms with E-state index >= 15 is 0 Å². The second-order valence-electron chi connectivity index (χ2n) is 11.1. The van der Waals surface area contributed by atoms with Crippen molar-refractivity contribution in [1.29, 1.82) is 0 Å². The first kappa shape index (κ1) is 30.2. The third kappa shape index (κ3) is 5.86. The molecule has 0 amide bonds. The van der Waals surface area contributed by atoms with E-state index in [0.29, 0.717) is 54.1 Å². The van der Waals surface area contributed by atoms with E-state index in [4.69, 9.17) is 4.74 Å². The number of rotatable bonds is 7. The highest BCUT2D eigenvalue weighted by molar-refractivity contribution is 7.90. The van der Waals surface area contributed by atoms with Gasteiger partial charge in [-0.15, -0.1) is 0 Å². The number of pyridine rings is 2. The van der Waals surface area contributed by atoms with E-state index in [1.807, 2.05) is 13.0 Å². The SMILES string of the molecule is Cc1ccc(S(=O)(=O)n2cc(-c3ccn(/C(=C\N(C)C)c4ccc(F)c(F)c4)c(=O)c3)c3cc(N4CCOCC4)cnc32)cc1. The number of halogens is 2. The van der Waals surface area contributed by atoms with Crippen LogP contribution in [0, 0.1) is 18.6 Å². The second-order valence-corrected chi connectivity index (χ2v) is 12.9. The van der Waals surface area contributed by atoms with Gasteiger partial charge in [0, 0.05) is 68.4 Å². The van der Waals surface area contributed by atoms with Gasteiger partial charge >= 0.3 is 0 Å². The van der Waals surface area contributed by atoms with Gasteiger partial charge < -0.3 is 14.5 Å². The molecule has 6 rings (SSSR count). The van der Waals surface area contributed by atoms with E-state index in [0.717, 1.165) is 27.4 Å². The molecule has 5 aromatic rings. The number of aromatic nitrogens is 3. The molecule has 0 radical (unpaired) electrons. The van der Waals surface area contributed by atoms with Crippen molar-refractivity contribution in [3.05, 3.63) is 119 Å². The molecule has 1 saturated heterocycles. The number of benzene rings is 2. The summed E-state index contributed by atoms with van der Waals surface area (Å²) in [6.07, 6.45) is 6.30. The summed E-state index contributed by atoms with van der Waals surface area (Å²) >= 11 is 0. The summed E-state index contributed by atoms with van der Waals surface area (Å²) in [5.41, 5.74) is 3.10. The van der Waals surface area contributed by atoms with Gasteiger partial charge in [-0.05, 0) is 55.0 Å². The number of hydrogen-bond donors (Lipinski definition) is 0. The Kier molecular flexibility index (Phi) is 8.02. The average molecular weight is 632 g/mol. The molecule has 0 aliphatic carbocycles. The molecule has 12 heteroatoms. The Morgan fingerprint density at radius 1 is 0.978 bits per heavy atom. The van der Waals surface area contributed by atoms with Gasteiger partial charge in [-0.3, -0.25) is 9.36 Å². The fourth-order valence-electron chi connectivity index (χ4n) is 5.32. The summed E-state index contributed by atoms with van der Waals surface area (Å²) in [4.78, 5) is 22.2. The predicted octanol–water partition coefficient (Wildman–Crippen LogP) is 4.93. The molecule has 1 aliphatic rings. The first-order valence-electron chi connectivity index (χ1n) is 14.3. The molecule has 9 nitrogen and oxygen atoms in total. The molecule has 232 valence electrons. The molecule has 0 bridgehead atoms. The van der Waals surface area contributed by atoms with Crippen molar-refractivity contribution < 1.29 is 21.9 Å². The van der Waals surface area contributed by atoms with Crippen LogP contribution in [0.2, 0.25) is 0 Å². The fraction of sp³-hybridized carbons (Fsp3) is 0.212. The second kappa shape index (κ2) is 11.9. The number of aryl methyl sites for hydroxylation is 1. The lowest BCUT2D eigenvalue weighted by atomic mass is 10.1. The Morgan fingerprint density at radius 2 is 1.71 bits per heavy atom. The van der Waals surface area contributed by atoms with Crippen LogP contribution in [0.3, 0.4) is 0 Å². The summed E-state index contributed by atoms with van der Waals surface area (Å²) in [5, 5.41) is 0.552. The summed E-state index contributed by atoms with van der Waals surface area (Å²) in [6, 6.07) is 15.0. The molecule has 3 aromatic heterocycles. The first-order valence-corrected chi connectivity index (χ1v) is 15.7. The first-order chi connectivity index (χ1) is 21.5. The third-order valence-electron chi connectivity index (χ3n) is 7.64. The molecule has 0 saturated carbocycles. The zero-order valence-electron chi connectivity index (χ0n) is 24.9. The lowest BCUT2D eigenvalue weighted by Gasteiger charge is -2.28. The van der Waals surface area contributed by atoms with Crippen LogP contribution in [0.4, 0.5) is 14.5 Å². The van der Waals surface area contributed by atoms with Crippen LogP contribution in [-0.4, -0.2) is 67.2 Å². The van der Waals surface area contributed by atoms with Crippen LogP contribution in [0.25, 0.3) is 27.9 Å². The largest absolute Gasteiger partial charge is 0.382 e. The zero-order valence-corrected chi connectivity index (χ0v) is 25.8. The molecule has 0 spiro atoms. The van der Waals surface area contributed by atoms with Crippen LogP contribution < -0.4 is 10.5 Å². The molecule has 0 N–H and O–H groups in total. The van der Waals surface area contributed by atoms with E-state index < -0.39 is 27.2 Å². The minimum atomic E-state index is -4.04. The molecular weight excluding hydrogens is 600 g/mol. The van der Waals surface area contributed by atoms with Crippen molar-refractivity contribution in [1.82, 2.24) is 18.4 Å². The minimum Gasteiger partial charge on any atom is -0.382 e. The van der Waals surface area contributed by atoms with Gasteiger partial charge in [0.25, 0.3) is 15.6 Å². The van der Waals surface area contributed by atoms with E-state index in [2.05, 4.69) is 9.88 Å². The number of anilines is 1. The molecule has 45 heavy (non-hydrogen) atoms. The molecule has 2 aromatic carbocycles. The molecule has 4 heterocycles. The van der Waals surface area contributed by atoms with Crippen molar-refractivity contribution >= 4 is 32.4 Å². The van der Waals surface area contributed by atoms with Crippen LogP contribution in [0.1, 0.15) is 11.1 Å². The summed E-state index contributed by atoms with van der Waals surface area (Å²) in [7, 11) is -0.536. The number of nitrogens with zero attached hydrogens (tertiary/aromatic N) is 5. The maximum Gasteiger partial charge on any atom is 0.269 e.